The first-order valence-electron chi connectivity index (χ1n) is 9.35. The summed E-state index contributed by atoms with van der Waals surface area (Å²) in [5.41, 5.74) is 0.868. The largest absolute Gasteiger partial charge is 0.494 e. The lowest BCUT2D eigenvalue weighted by Crippen LogP contribution is -2.34. The van der Waals surface area contributed by atoms with Gasteiger partial charge in [0.05, 0.1) is 11.5 Å². The Morgan fingerprint density at radius 3 is 2.29 bits per heavy atom. The molecule has 11 nitrogen and oxygen atoms in total. The van der Waals surface area contributed by atoms with Crippen LogP contribution in [0.25, 0.3) is 11.4 Å². The van der Waals surface area contributed by atoms with Crippen molar-refractivity contribution < 1.29 is 23.8 Å². The van der Waals surface area contributed by atoms with Gasteiger partial charge in [-0.2, -0.15) is 4.98 Å². The van der Waals surface area contributed by atoms with Crippen LogP contribution in [0.3, 0.4) is 0 Å². The molecule has 0 atom stereocenters. The third-order valence-corrected chi connectivity index (χ3v) is 4.08. The van der Waals surface area contributed by atoms with E-state index in [-0.39, 0.29) is 36.4 Å². The van der Waals surface area contributed by atoms with Crippen LogP contribution in [0.4, 0.5) is 5.69 Å². The number of hydrogen-bond donors (Lipinski definition) is 2. The van der Waals surface area contributed by atoms with E-state index in [0.717, 1.165) is 0 Å². The Morgan fingerprint density at radius 2 is 1.68 bits per heavy atom. The van der Waals surface area contributed by atoms with Crippen molar-refractivity contribution in [3.05, 3.63) is 70.1 Å². The van der Waals surface area contributed by atoms with Crippen molar-refractivity contribution in [2.45, 2.75) is 6.92 Å². The first-order valence-corrected chi connectivity index (χ1v) is 9.35. The second kappa shape index (κ2) is 9.96. The highest BCUT2D eigenvalue weighted by Crippen LogP contribution is 2.19. The van der Waals surface area contributed by atoms with Gasteiger partial charge in [-0.1, -0.05) is 5.16 Å². The normalized spacial score (nSPS) is 10.4. The number of benzene rings is 2. The van der Waals surface area contributed by atoms with E-state index in [1.807, 2.05) is 6.92 Å². The summed E-state index contributed by atoms with van der Waals surface area (Å²) >= 11 is 0. The number of hydrogen-bond acceptors (Lipinski definition) is 8. The lowest BCUT2D eigenvalue weighted by Gasteiger charge is -2.07. The summed E-state index contributed by atoms with van der Waals surface area (Å²) in [7, 11) is 0. The summed E-state index contributed by atoms with van der Waals surface area (Å²) in [5.74, 6) is -0.333. The van der Waals surface area contributed by atoms with Gasteiger partial charge >= 0.3 is 11.8 Å². The van der Waals surface area contributed by atoms with E-state index in [1.54, 1.807) is 24.3 Å². The molecule has 0 bridgehead atoms. The van der Waals surface area contributed by atoms with Crippen molar-refractivity contribution in [3.8, 4) is 17.1 Å². The van der Waals surface area contributed by atoms with Crippen molar-refractivity contribution in [2.75, 3.05) is 19.7 Å². The van der Waals surface area contributed by atoms with Gasteiger partial charge in [-0.25, -0.2) is 0 Å². The summed E-state index contributed by atoms with van der Waals surface area (Å²) in [4.78, 5) is 38.4. The lowest BCUT2D eigenvalue weighted by atomic mass is 10.2. The topological polar surface area (TPSA) is 149 Å². The van der Waals surface area contributed by atoms with Crippen molar-refractivity contribution in [2.24, 2.45) is 0 Å². The van der Waals surface area contributed by atoms with Gasteiger partial charge < -0.3 is 19.9 Å². The lowest BCUT2D eigenvalue weighted by molar-refractivity contribution is -0.384. The quantitative estimate of drug-likeness (QED) is 0.301. The zero-order chi connectivity index (χ0) is 22.2. The number of nitrogens with one attached hydrogen (secondary N) is 2. The van der Waals surface area contributed by atoms with Crippen molar-refractivity contribution in [1.29, 1.82) is 0 Å². The first kappa shape index (κ1) is 21.4. The van der Waals surface area contributed by atoms with Crippen LogP contribution < -0.4 is 15.4 Å². The molecule has 1 aromatic heterocycles. The Labute approximate surface area is 176 Å². The smallest absolute Gasteiger partial charge is 0.316 e. The molecule has 0 unspecified atom stereocenters. The van der Waals surface area contributed by atoms with Gasteiger partial charge in [0.2, 0.25) is 5.82 Å². The minimum Gasteiger partial charge on any atom is -0.494 e. The third kappa shape index (κ3) is 5.63. The van der Waals surface area contributed by atoms with Crippen LogP contribution in [-0.2, 0) is 0 Å². The molecule has 2 aromatic carbocycles. The average Bonchev–Trinajstić information content (AvgIpc) is 3.28. The molecule has 31 heavy (non-hydrogen) atoms. The van der Waals surface area contributed by atoms with E-state index in [1.165, 1.54) is 24.3 Å². The van der Waals surface area contributed by atoms with E-state index in [2.05, 4.69) is 20.8 Å². The Kier molecular flexibility index (Phi) is 6.89. The fourth-order valence-corrected chi connectivity index (χ4v) is 2.56. The maximum absolute atomic E-state index is 12.1. The molecule has 0 radical (unpaired) electrons. The van der Waals surface area contributed by atoms with Crippen molar-refractivity contribution in [1.82, 2.24) is 20.8 Å². The van der Waals surface area contributed by atoms with Crippen LogP contribution >= 0.6 is 0 Å². The molecule has 2 N–H and O–H groups in total. The molecule has 3 aromatic rings. The Balaban J connectivity index is 1.46. The van der Waals surface area contributed by atoms with E-state index in [0.29, 0.717) is 23.5 Å². The molecular formula is C20H19N5O6. The predicted molar refractivity (Wildman–Crippen MR) is 109 cm³/mol. The second-order valence-electron chi connectivity index (χ2n) is 6.20. The number of aromatic nitrogens is 2. The summed E-state index contributed by atoms with van der Waals surface area (Å²) in [5, 5.41) is 19.6. The van der Waals surface area contributed by atoms with Gasteiger partial charge in [-0.3, -0.25) is 19.7 Å². The van der Waals surface area contributed by atoms with Gasteiger partial charge in [0.1, 0.15) is 5.75 Å². The first-order chi connectivity index (χ1) is 15.0. The Bertz CT molecular complexity index is 1060. The minimum atomic E-state index is -0.601. The van der Waals surface area contributed by atoms with Gasteiger partial charge in [0.25, 0.3) is 11.6 Å². The molecule has 160 valence electrons. The van der Waals surface area contributed by atoms with Crippen LogP contribution in [-0.4, -0.2) is 46.6 Å². The predicted octanol–water partition coefficient (Wildman–Crippen LogP) is 2.20. The number of nitrogens with zero attached hydrogens (tertiary/aromatic N) is 3. The summed E-state index contributed by atoms with van der Waals surface area (Å²) in [6.07, 6.45) is 0. The molecule has 11 heteroatoms. The second-order valence-corrected chi connectivity index (χ2v) is 6.20. The molecule has 0 spiro atoms. The van der Waals surface area contributed by atoms with Crippen LogP contribution in [0, 0.1) is 10.1 Å². The number of amides is 2. The maximum Gasteiger partial charge on any atom is 0.316 e. The molecule has 0 aliphatic rings. The standard InChI is InChI=1S/C20H19N5O6/c1-2-30-16-9-5-14(6-10-16)18(26)21-11-12-22-19(27)20-23-17(24-31-20)13-3-7-15(8-4-13)25(28)29/h3-10H,2,11-12H2,1H3,(H,21,26)(H,22,27). The number of carbonyl (C=O) groups excluding carboxylic acids is 2. The highest BCUT2D eigenvalue weighted by molar-refractivity contribution is 5.94. The van der Waals surface area contributed by atoms with Crippen LogP contribution in [0.15, 0.2) is 53.1 Å². The fraction of sp³-hybridized carbons (Fsp3) is 0.200. The molecule has 0 saturated carbocycles. The van der Waals surface area contributed by atoms with Crippen LogP contribution in [0.2, 0.25) is 0 Å². The van der Waals surface area contributed by atoms with Gasteiger partial charge in [-0.05, 0) is 43.3 Å². The number of non-ortho nitro benzene ring substituents is 1. The molecule has 1 heterocycles. The molecule has 0 aliphatic carbocycles. The Morgan fingerprint density at radius 1 is 1.03 bits per heavy atom. The van der Waals surface area contributed by atoms with Crippen molar-refractivity contribution >= 4 is 17.5 Å². The molecule has 0 fully saturated rings. The van der Waals surface area contributed by atoms with Gasteiger partial charge in [-0.15, -0.1) is 0 Å². The molecule has 0 saturated heterocycles. The Hall–Kier alpha value is -4.28. The van der Waals surface area contributed by atoms with Crippen LogP contribution in [0.1, 0.15) is 28.0 Å². The maximum atomic E-state index is 12.1. The molecular weight excluding hydrogens is 406 g/mol. The summed E-state index contributed by atoms with van der Waals surface area (Å²) in [6.45, 7) is 2.76. The van der Waals surface area contributed by atoms with E-state index in [9.17, 15) is 19.7 Å². The summed E-state index contributed by atoms with van der Waals surface area (Å²) < 4.78 is 10.3. The third-order valence-electron chi connectivity index (χ3n) is 4.08. The fourth-order valence-electron chi connectivity index (χ4n) is 2.56. The van der Waals surface area contributed by atoms with E-state index >= 15 is 0 Å². The van der Waals surface area contributed by atoms with E-state index < -0.39 is 10.8 Å². The number of ether oxygens (including phenoxy) is 1. The minimum absolute atomic E-state index is 0.0718. The SMILES string of the molecule is CCOc1ccc(C(=O)NCCNC(=O)c2nc(-c3ccc([N+](=O)[O-])cc3)no2)cc1. The van der Waals surface area contributed by atoms with Gasteiger partial charge in [0.15, 0.2) is 0 Å². The van der Waals surface area contributed by atoms with Gasteiger partial charge in [0, 0.05) is 36.3 Å². The number of rotatable bonds is 9. The highest BCUT2D eigenvalue weighted by atomic mass is 16.6. The molecule has 3 rings (SSSR count). The zero-order valence-electron chi connectivity index (χ0n) is 16.5. The number of nitro groups is 1. The zero-order valence-corrected chi connectivity index (χ0v) is 16.5. The highest BCUT2D eigenvalue weighted by Gasteiger charge is 2.16. The van der Waals surface area contributed by atoms with Crippen LogP contribution in [0.5, 0.6) is 5.75 Å². The monoisotopic (exact) mass is 425 g/mol. The average molecular weight is 425 g/mol. The summed E-state index contributed by atoms with van der Waals surface area (Å²) in [6, 6.07) is 12.2. The number of carbonyl (C=O) groups is 2. The number of nitro benzene ring substituents is 1. The van der Waals surface area contributed by atoms with E-state index in [4.69, 9.17) is 9.26 Å². The van der Waals surface area contributed by atoms with Crippen molar-refractivity contribution in [3.63, 3.8) is 0 Å². The molecule has 2 amide bonds. The molecule has 0 aliphatic heterocycles.